The van der Waals surface area contributed by atoms with Gasteiger partial charge in [0, 0.05) is 12.5 Å². The Bertz CT molecular complexity index is 538. The summed E-state index contributed by atoms with van der Waals surface area (Å²) < 4.78 is 5.38. The van der Waals surface area contributed by atoms with Gasteiger partial charge < -0.3 is 14.4 Å². The Kier molecular flexibility index (Phi) is 4.74. The summed E-state index contributed by atoms with van der Waals surface area (Å²) in [5.41, 5.74) is 1.52. The highest BCUT2D eigenvalue weighted by Crippen LogP contribution is 2.22. The predicted octanol–water partition coefficient (Wildman–Crippen LogP) is 2.71. The van der Waals surface area contributed by atoms with E-state index in [-0.39, 0.29) is 12.5 Å². The first-order valence-corrected chi connectivity index (χ1v) is 6.89. The second-order valence-electron chi connectivity index (χ2n) is 4.97. The number of hydrogen-bond donors (Lipinski definition) is 1. The minimum atomic E-state index is -0.0910. The Balaban J connectivity index is 2.29. The van der Waals surface area contributed by atoms with Gasteiger partial charge in [-0.2, -0.15) is 0 Å². The summed E-state index contributed by atoms with van der Waals surface area (Å²) in [4.78, 5) is 10.9. The standard InChI is InChI=1S/C15H21N3O2/c1-4-18(9-12-6-5-7-20-12)14-8-16-15(11(2)3)17-13(14)10-19/h5-8,11,19H,4,9-10H2,1-3H3. The maximum atomic E-state index is 9.55. The van der Waals surface area contributed by atoms with E-state index >= 15 is 0 Å². The van der Waals surface area contributed by atoms with Gasteiger partial charge in [0.25, 0.3) is 0 Å². The summed E-state index contributed by atoms with van der Waals surface area (Å²) in [6.45, 7) is 7.47. The first-order valence-electron chi connectivity index (χ1n) is 6.89. The van der Waals surface area contributed by atoms with E-state index in [1.165, 1.54) is 0 Å². The van der Waals surface area contributed by atoms with Crippen LogP contribution in [-0.2, 0) is 13.2 Å². The largest absolute Gasteiger partial charge is 0.467 e. The lowest BCUT2D eigenvalue weighted by molar-refractivity contribution is 0.276. The van der Waals surface area contributed by atoms with E-state index in [4.69, 9.17) is 4.42 Å². The summed E-state index contributed by atoms with van der Waals surface area (Å²) in [5.74, 6) is 1.88. The third kappa shape index (κ3) is 3.17. The Labute approximate surface area is 119 Å². The molecule has 2 aromatic rings. The molecule has 0 fully saturated rings. The number of furan rings is 1. The van der Waals surface area contributed by atoms with Gasteiger partial charge in [-0.3, -0.25) is 0 Å². The van der Waals surface area contributed by atoms with Gasteiger partial charge in [0.1, 0.15) is 11.6 Å². The van der Waals surface area contributed by atoms with Crippen LogP contribution in [0.1, 0.15) is 44.0 Å². The van der Waals surface area contributed by atoms with Crippen molar-refractivity contribution < 1.29 is 9.52 Å². The molecule has 0 amide bonds. The van der Waals surface area contributed by atoms with Gasteiger partial charge in [-0.15, -0.1) is 0 Å². The number of anilines is 1. The summed E-state index contributed by atoms with van der Waals surface area (Å²) in [5, 5.41) is 9.55. The molecular weight excluding hydrogens is 254 g/mol. The fourth-order valence-corrected chi connectivity index (χ4v) is 2.04. The number of hydrogen-bond acceptors (Lipinski definition) is 5. The molecule has 0 unspecified atom stereocenters. The molecule has 0 atom stereocenters. The fraction of sp³-hybridized carbons (Fsp3) is 0.467. The molecule has 5 heteroatoms. The highest BCUT2D eigenvalue weighted by Gasteiger charge is 2.15. The molecule has 0 saturated heterocycles. The third-order valence-electron chi connectivity index (χ3n) is 3.18. The lowest BCUT2D eigenvalue weighted by Crippen LogP contribution is -2.24. The maximum Gasteiger partial charge on any atom is 0.131 e. The third-order valence-corrected chi connectivity index (χ3v) is 3.18. The van der Waals surface area contributed by atoms with Crippen molar-refractivity contribution in [2.45, 2.75) is 39.8 Å². The second-order valence-corrected chi connectivity index (χ2v) is 4.97. The first kappa shape index (κ1) is 14.5. The van der Waals surface area contributed by atoms with Crippen LogP contribution in [-0.4, -0.2) is 21.6 Å². The average molecular weight is 275 g/mol. The van der Waals surface area contributed by atoms with Gasteiger partial charge in [0.2, 0.25) is 0 Å². The SMILES string of the molecule is CCN(Cc1ccco1)c1cnc(C(C)C)nc1CO. The molecule has 108 valence electrons. The van der Waals surface area contributed by atoms with Gasteiger partial charge in [-0.05, 0) is 19.1 Å². The molecule has 20 heavy (non-hydrogen) atoms. The van der Waals surface area contributed by atoms with E-state index in [1.54, 1.807) is 12.5 Å². The van der Waals surface area contributed by atoms with Crippen molar-refractivity contribution in [2.75, 3.05) is 11.4 Å². The molecule has 0 saturated carbocycles. The number of nitrogens with zero attached hydrogens (tertiary/aromatic N) is 3. The molecular formula is C15H21N3O2. The van der Waals surface area contributed by atoms with Gasteiger partial charge >= 0.3 is 0 Å². The molecule has 0 bridgehead atoms. The van der Waals surface area contributed by atoms with Crippen molar-refractivity contribution in [3.05, 3.63) is 41.9 Å². The normalized spacial score (nSPS) is 11.1. The van der Waals surface area contributed by atoms with Crippen LogP contribution in [0.25, 0.3) is 0 Å². The summed E-state index contributed by atoms with van der Waals surface area (Å²) in [6.07, 6.45) is 3.45. The zero-order valence-electron chi connectivity index (χ0n) is 12.2. The number of aliphatic hydroxyl groups is 1. The Morgan fingerprint density at radius 1 is 1.40 bits per heavy atom. The van der Waals surface area contributed by atoms with Crippen molar-refractivity contribution in [2.24, 2.45) is 0 Å². The lowest BCUT2D eigenvalue weighted by Gasteiger charge is -2.24. The van der Waals surface area contributed by atoms with Crippen molar-refractivity contribution in [1.82, 2.24) is 9.97 Å². The molecule has 5 nitrogen and oxygen atoms in total. The van der Waals surface area contributed by atoms with Crippen molar-refractivity contribution in [1.29, 1.82) is 0 Å². The molecule has 2 rings (SSSR count). The molecule has 0 aliphatic rings. The van der Waals surface area contributed by atoms with E-state index in [9.17, 15) is 5.11 Å². The van der Waals surface area contributed by atoms with E-state index < -0.39 is 0 Å². The van der Waals surface area contributed by atoms with Gasteiger partial charge in [-0.25, -0.2) is 9.97 Å². The fourth-order valence-electron chi connectivity index (χ4n) is 2.04. The van der Waals surface area contributed by atoms with Crippen LogP contribution < -0.4 is 4.90 Å². The van der Waals surface area contributed by atoms with Crippen LogP contribution >= 0.6 is 0 Å². The van der Waals surface area contributed by atoms with Crippen LogP contribution in [0.4, 0.5) is 5.69 Å². The first-order chi connectivity index (χ1) is 9.65. The van der Waals surface area contributed by atoms with Crippen LogP contribution in [0.2, 0.25) is 0 Å². The summed E-state index contributed by atoms with van der Waals surface area (Å²) in [6, 6.07) is 3.80. The molecule has 0 aliphatic carbocycles. The zero-order valence-corrected chi connectivity index (χ0v) is 12.2. The average Bonchev–Trinajstić information content (AvgIpc) is 2.97. The van der Waals surface area contributed by atoms with Gasteiger partial charge in [0.15, 0.2) is 0 Å². The van der Waals surface area contributed by atoms with Gasteiger partial charge in [-0.1, -0.05) is 13.8 Å². The number of aliphatic hydroxyl groups excluding tert-OH is 1. The highest BCUT2D eigenvalue weighted by molar-refractivity contribution is 5.49. The Morgan fingerprint density at radius 2 is 2.20 bits per heavy atom. The van der Waals surface area contributed by atoms with E-state index in [0.29, 0.717) is 12.2 Å². The summed E-state index contributed by atoms with van der Waals surface area (Å²) >= 11 is 0. The molecule has 0 radical (unpaired) electrons. The minimum absolute atomic E-state index is 0.0910. The van der Waals surface area contributed by atoms with Crippen molar-refractivity contribution >= 4 is 5.69 Å². The lowest BCUT2D eigenvalue weighted by atomic mass is 10.2. The molecule has 2 heterocycles. The molecule has 0 aliphatic heterocycles. The van der Waals surface area contributed by atoms with Crippen LogP contribution in [0.15, 0.2) is 29.0 Å². The quantitative estimate of drug-likeness (QED) is 0.878. The van der Waals surface area contributed by atoms with Crippen LogP contribution in [0, 0.1) is 0 Å². The van der Waals surface area contributed by atoms with E-state index in [0.717, 1.165) is 23.8 Å². The van der Waals surface area contributed by atoms with Crippen LogP contribution in [0.3, 0.4) is 0 Å². The number of rotatable bonds is 6. The number of aromatic nitrogens is 2. The zero-order chi connectivity index (χ0) is 14.5. The highest BCUT2D eigenvalue weighted by atomic mass is 16.3. The smallest absolute Gasteiger partial charge is 0.131 e. The molecule has 0 aromatic carbocycles. The van der Waals surface area contributed by atoms with E-state index in [2.05, 4.69) is 21.8 Å². The molecule has 1 N–H and O–H groups in total. The summed E-state index contributed by atoms with van der Waals surface area (Å²) in [7, 11) is 0. The van der Waals surface area contributed by atoms with Crippen molar-refractivity contribution in [3.8, 4) is 0 Å². The topological polar surface area (TPSA) is 62.4 Å². The second kappa shape index (κ2) is 6.52. The van der Waals surface area contributed by atoms with Gasteiger partial charge in [0.05, 0.1) is 37.0 Å². The Morgan fingerprint density at radius 3 is 2.75 bits per heavy atom. The Hall–Kier alpha value is -1.88. The predicted molar refractivity (Wildman–Crippen MR) is 77.5 cm³/mol. The minimum Gasteiger partial charge on any atom is -0.467 e. The van der Waals surface area contributed by atoms with Crippen LogP contribution in [0.5, 0.6) is 0 Å². The van der Waals surface area contributed by atoms with Crippen molar-refractivity contribution in [3.63, 3.8) is 0 Å². The molecule has 0 spiro atoms. The molecule has 2 aromatic heterocycles. The monoisotopic (exact) mass is 275 g/mol. The van der Waals surface area contributed by atoms with E-state index in [1.807, 2.05) is 26.0 Å². The maximum absolute atomic E-state index is 9.55.